The molecule has 0 aromatic carbocycles. The first kappa shape index (κ1) is 15.5. The monoisotopic (exact) mass is 293 g/mol. The van der Waals surface area contributed by atoms with Crippen LogP contribution in [-0.4, -0.2) is 29.1 Å². The highest BCUT2D eigenvalue weighted by Crippen LogP contribution is 2.39. The van der Waals surface area contributed by atoms with Crippen molar-refractivity contribution in [1.29, 1.82) is 0 Å². The van der Waals surface area contributed by atoms with Gasteiger partial charge in [-0.05, 0) is 25.7 Å². The molecule has 7 nitrogen and oxygen atoms in total. The van der Waals surface area contributed by atoms with Crippen molar-refractivity contribution < 1.29 is 9.53 Å². The molecule has 1 unspecified atom stereocenters. The molecule has 0 amide bonds. The lowest BCUT2D eigenvalue weighted by Crippen LogP contribution is -2.36. The number of nitrogens with zero attached hydrogens (tertiary/aromatic N) is 2. The Morgan fingerprint density at radius 1 is 1.33 bits per heavy atom. The van der Waals surface area contributed by atoms with Crippen LogP contribution >= 0.6 is 0 Å². The summed E-state index contributed by atoms with van der Waals surface area (Å²) in [7, 11) is 1.38. The van der Waals surface area contributed by atoms with Crippen LogP contribution in [0, 0.1) is 12.8 Å². The Morgan fingerprint density at radius 3 is 2.43 bits per heavy atom. The first-order valence-electron chi connectivity index (χ1n) is 7.17. The molecular formula is C14H23N5O2. The van der Waals surface area contributed by atoms with Gasteiger partial charge in [0.25, 0.3) is 0 Å². The number of aromatic nitrogens is 2. The maximum Gasteiger partial charge on any atom is 0.328 e. The summed E-state index contributed by atoms with van der Waals surface area (Å²) in [4.78, 5) is 20.9. The van der Waals surface area contributed by atoms with E-state index < -0.39 is 6.04 Å². The Balaban J connectivity index is 2.32. The average Bonchev–Trinajstić information content (AvgIpc) is 3.29. The minimum absolute atomic E-state index is 0.0745. The highest BCUT2D eigenvalue weighted by atomic mass is 16.5. The van der Waals surface area contributed by atoms with Gasteiger partial charge in [0.2, 0.25) is 0 Å². The number of methoxy groups -OCH3 is 1. The highest BCUT2D eigenvalue weighted by Gasteiger charge is 2.30. The molecule has 1 aliphatic rings. The summed E-state index contributed by atoms with van der Waals surface area (Å²) in [5, 5.41) is 3.17. The molecule has 0 spiro atoms. The molecule has 116 valence electrons. The van der Waals surface area contributed by atoms with E-state index in [9.17, 15) is 4.79 Å². The van der Waals surface area contributed by atoms with Gasteiger partial charge in [0.1, 0.15) is 23.5 Å². The predicted octanol–water partition coefficient (Wildman–Crippen LogP) is 1.56. The van der Waals surface area contributed by atoms with Gasteiger partial charge in [-0.25, -0.2) is 20.6 Å². The van der Waals surface area contributed by atoms with E-state index in [2.05, 4.69) is 20.7 Å². The Labute approximate surface area is 124 Å². The lowest BCUT2D eigenvalue weighted by atomic mass is 10.0. The lowest BCUT2D eigenvalue weighted by molar-refractivity contribution is -0.142. The van der Waals surface area contributed by atoms with Crippen LogP contribution in [-0.2, 0) is 9.53 Å². The average molecular weight is 293 g/mol. The van der Waals surface area contributed by atoms with Crippen molar-refractivity contribution in [3.8, 4) is 0 Å². The summed E-state index contributed by atoms with van der Waals surface area (Å²) in [6, 6.07) is -0.457. The number of hydrogen-bond acceptors (Lipinski definition) is 7. The number of carbonyl (C=O) groups is 1. The molecule has 7 heteroatoms. The van der Waals surface area contributed by atoms with E-state index in [-0.39, 0.29) is 11.9 Å². The second kappa shape index (κ2) is 6.26. The van der Waals surface area contributed by atoms with Crippen molar-refractivity contribution in [2.24, 2.45) is 11.8 Å². The number of rotatable bonds is 6. The van der Waals surface area contributed by atoms with E-state index in [1.807, 2.05) is 20.8 Å². The van der Waals surface area contributed by atoms with Gasteiger partial charge < -0.3 is 15.5 Å². The number of esters is 1. The van der Waals surface area contributed by atoms with Crippen LogP contribution in [0.1, 0.15) is 44.0 Å². The van der Waals surface area contributed by atoms with Gasteiger partial charge in [0, 0.05) is 11.5 Å². The fraction of sp³-hybridized carbons (Fsp3) is 0.643. The molecule has 21 heavy (non-hydrogen) atoms. The van der Waals surface area contributed by atoms with Crippen LogP contribution in [0.25, 0.3) is 0 Å². The van der Waals surface area contributed by atoms with Crippen LogP contribution in [0.4, 0.5) is 11.6 Å². The number of hydrazine groups is 1. The van der Waals surface area contributed by atoms with E-state index in [0.29, 0.717) is 17.6 Å². The zero-order chi connectivity index (χ0) is 15.6. The summed E-state index contributed by atoms with van der Waals surface area (Å²) in [6.45, 7) is 5.77. The first-order chi connectivity index (χ1) is 9.97. The molecular weight excluding hydrogens is 270 g/mol. The maximum absolute atomic E-state index is 11.9. The molecule has 1 saturated carbocycles. The van der Waals surface area contributed by atoms with Crippen molar-refractivity contribution in [2.75, 3.05) is 17.9 Å². The van der Waals surface area contributed by atoms with Gasteiger partial charge in [-0.2, -0.15) is 0 Å². The Kier molecular flexibility index (Phi) is 4.62. The molecule has 1 aromatic heterocycles. The van der Waals surface area contributed by atoms with E-state index in [1.54, 1.807) is 0 Å². The third-order valence-corrected chi connectivity index (χ3v) is 3.66. The van der Waals surface area contributed by atoms with Gasteiger partial charge in [-0.15, -0.1) is 0 Å². The topological polar surface area (TPSA) is 102 Å². The van der Waals surface area contributed by atoms with E-state index >= 15 is 0 Å². The smallest absolute Gasteiger partial charge is 0.328 e. The summed E-state index contributed by atoms with van der Waals surface area (Å²) in [5.41, 5.74) is 3.39. The molecule has 0 aliphatic heterocycles. The molecule has 0 saturated heterocycles. The second-order valence-electron chi connectivity index (χ2n) is 5.71. The standard InChI is InChI=1S/C14H23N5O2/c1-7(2)10(14(20)21-4)16-11-8(3)12(19-15)18-13(17-11)9-5-6-9/h7,9-10H,5-6,15H2,1-4H3,(H2,16,17,18,19). The number of carbonyl (C=O) groups excluding carboxylic acids is 1. The Bertz CT molecular complexity index is 528. The maximum atomic E-state index is 11.9. The second-order valence-corrected chi connectivity index (χ2v) is 5.71. The van der Waals surface area contributed by atoms with Gasteiger partial charge in [-0.3, -0.25) is 0 Å². The summed E-state index contributed by atoms with van der Waals surface area (Å²) in [5.74, 6) is 7.67. The third-order valence-electron chi connectivity index (χ3n) is 3.66. The van der Waals surface area contributed by atoms with Crippen LogP contribution in [0.3, 0.4) is 0 Å². The highest BCUT2D eigenvalue weighted by molar-refractivity contribution is 5.79. The summed E-state index contributed by atoms with van der Waals surface area (Å²) in [6.07, 6.45) is 2.19. The number of nitrogen functional groups attached to an aromatic ring is 1. The molecule has 2 rings (SSSR count). The molecule has 1 atom stereocenters. The quantitative estimate of drug-likeness (QED) is 0.415. The fourth-order valence-corrected chi connectivity index (χ4v) is 2.11. The van der Waals surface area contributed by atoms with Crippen LogP contribution in [0.5, 0.6) is 0 Å². The minimum atomic E-state index is -0.457. The normalized spacial score (nSPS) is 15.7. The minimum Gasteiger partial charge on any atom is -0.467 e. The molecule has 1 fully saturated rings. The molecule has 4 N–H and O–H groups in total. The number of anilines is 2. The van der Waals surface area contributed by atoms with Crippen LogP contribution in [0.2, 0.25) is 0 Å². The third kappa shape index (κ3) is 3.41. The Morgan fingerprint density at radius 2 is 1.95 bits per heavy atom. The molecule has 0 bridgehead atoms. The van der Waals surface area contributed by atoms with Gasteiger partial charge >= 0.3 is 5.97 Å². The van der Waals surface area contributed by atoms with Crippen molar-refractivity contribution in [3.05, 3.63) is 11.4 Å². The van der Waals surface area contributed by atoms with Crippen LogP contribution in [0.15, 0.2) is 0 Å². The number of nitrogens with one attached hydrogen (secondary N) is 2. The van der Waals surface area contributed by atoms with E-state index in [0.717, 1.165) is 24.2 Å². The van der Waals surface area contributed by atoms with Crippen molar-refractivity contribution in [2.45, 2.75) is 45.6 Å². The molecule has 0 radical (unpaired) electrons. The van der Waals surface area contributed by atoms with Crippen LogP contribution < -0.4 is 16.6 Å². The number of hydrogen-bond donors (Lipinski definition) is 3. The zero-order valence-corrected chi connectivity index (χ0v) is 12.9. The van der Waals surface area contributed by atoms with E-state index in [4.69, 9.17) is 10.6 Å². The first-order valence-corrected chi connectivity index (χ1v) is 7.17. The predicted molar refractivity (Wildman–Crippen MR) is 80.8 cm³/mol. The van der Waals surface area contributed by atoms with Gasteiger partial charge in [-0.1, -0.05) is 13.8 Å². The molecule has 1 aliphatic carbocycles. The SMILES string of the molecule is COC(=O)C(Nc1nc(C2CC2)nc(NN)c1C)C(C)C. The number of ether oxygens (including phenoxy) is 1. The zero-order valence-electron chi connectivity index (χ0n) is 12.9. The summed E-state index contributed by atoms with van der Waals surface area (Å²) < 4.78 is 4.85. The molecule has 1 heterocycles. The van der Waals surface area contributed by atoms with Gasteiger partial charge in [0.05, 0.1) is 7.11 Å². The number of nitrogens with two attached hydrogens (primary N) is 1. The van der Waals surface area contributed by atoms with Crippen molar-refractivity contribution in [1.82, 2.24) is 9.97 Å². The van der Waals surface area contributed by atoms with Crippen molar-refractivity contribution >= 4 is 17.6 Å². The molecule has 1 aromatic rings. The fourth-order valence-electron chi connectivity index (χ4n) is 2.11. The Hall–Kier alpha value is -1.89. The summed E-state index contributed by atoms with van der Waals surface area (Å²) >= 11 is 0. The van der Waals surface area contributed by atoms with E-state index in [1.165, 1.54) is 7.11 Å². The lowest BCUT2D eigenvalue weighted by Gasteiger charge is -2.22. The van der Waals surface area contributed by atoms with Crippen molar-refractivity contribution in [3.63, 3.8) is 0 Å². The van der Waals surface area contributed by atoms with Gasteiger partial charge in [0.15, 0.2) is 0 Å². The largest absolute Gasteiger partial charge is 0.467 e.